The van der Waals surface area contributed by atoms with Gasteiger partial charge in [0.2, 0.25) is 0 Å². The Kier molecular flexibility index (Phi) is 4.85. The van der Waals surface area contributed by atoms with E-state index in [-0.39, 0.29) is 23.4 Å². The Bertz CT molecular complexity index is 775. The highest BCUT2D eigenvalue weighted by molar-refractivity contribution is 5.80. The molecular formula is C18H21F2N3O2. The highest BCUT2D eigenvalue weighted by Crippen LogP contribution is 2.34. The molecule has 7 heteroatoms. The molecule has 1 aliphatic heterocycles. The minimum atomic E-state index is -1.01. The van der Waals surface area contributed by atoms with Crippen LogP contribution in [-0.4, -0.2) is 44.9 Å². The number of carbonyl (C=O) groups is 1. The summed E-state index contributed by atoms with van der Waals surface area (Å²) in [5.41, 5.74) is 1.04. The summed E-state index contributed by atoms with van der Waals surface area (Å²) < 4.78 is 28.8. The molecule has 1 aromatic carbocycles. The van der Waals surface area contributed by atoms with Gasteiger partial charge in [-0.25, -0.2) is 13.5 Å². The predicted octanol–water partition coefficient (Wildman–Crippen LogP) is 2.48. The lowest BCUT2D eigenvalue weighted by molar-refractivity contribution is -0.141. The first kappa shape index (κ1) is 17.5. The van der Waals surface area contributed by atoms with E-state index in [1.54, 1.807) is 11.1 Å². The van der Waals surface area contributed by atoms with E-state index in [1.807, 2.05) is 13.0 Å². The molecule has 3 rings (SSSR count). The van der Waals surface area contributed by atoms with Crippen molar-refractivity contribution in [2.24, 2.45) is 5.92 Å². The molecule has 0 spiro atoms. The third-order valence-corrected chi connectivity index (χ3v) is 4.76. The van der Waals surface area contributed by atoms with Crippen LogP contribution in [0.4, 0.5) is 8.78 Å². The number of aliphatic hydroxyl groups is 1. The summed E-state index contributed by atoms with van der Waals surface area (Å²) in [6.07, 6.45) is 1.27. The molecule has 1 fully saturated rings. The van der Waals surface area contributed by atoms with Crippen molar-refractivity contribution in [1.82, 2.24) is 14.7 Å². The highest BCUT2D eigenvalue weighted by Gasteiger charge is 2.33. The second-order valence-electron chi connectivity index (χ2n) is 6.60. The lowest BCUT2D eigenvalue weighted by atomic mass is 9.84. The number of amides is 1. The van der Waals surface area contributed by atoms with Crippen molar-refractivity contribution in [2.75, 3.05) is 13.1 Å². The van der Waals surface area contributed by atoms with Crippen molar-refractivity contribution in [1.29, 1.82) is 0 Å². The number of aliphatic hydroxyl groups excluding tert-OH is 1. The molecule has 5 nitrogen and oxygen atoms in total. The zero-order chi connectivity index (χ0) is 18.1. The van der Waals surface area contributed by atoms with Gasteiger partial charge < -0.3 is 10.0 Å². The van der Waals surface area contributed by atoms with Gasteiger partial charge in [-0.1, -0.05) is 6.92 Å². The summed E-state index contributed by atoms with van der Waals surface area (Å²) in [4.78, 5) is 13.6. The van der Waals surface area contributed by atoms with E-state index >= 15 is 0 Å². The Morgan fingerprint density at radius 2 is 2.12 bits per heavy atom. The number of hydrogen-bond acceptors (Lipinski definition) is 3. The minimum absolute atomic E-state index is 0.0880. The number of halogens is 2. The number of piperidine rings is 1. The first-order valence-corrected chi connectivity index (χ1v) is 8.34. The Morgan fingerprint density at radius 1 is 1.36 bits per heavy atom. The third kappa shape index (κ3) is 3.42. The number of hydrogen-bond donors (Lipinski definition) is 1. The zero-order valence-electron chi connectivity index (χ0n) is 14.2. The maximum Gasteiger partial charge on any atom is 0.251 e. The molecule has 2 heterocycles. The van der Waals surface area contributed by atoms with Crippen molar-refractivity contribution in [3.05, 3.63) is 47.8 Å². The molecule has 134 valence electrons. The van der Waals surface area contributed by atoms with Gasteiger partial charge in [-0.3, -0.25) is 4.79 Å². The van der Waals surface area contributed by atoms with Crippen LogP contribution in [0, 0.1) is 17.6 Å². The number of likely N-dealkylation sites (tertiary alicyclic amines) is 1. The lowest BCUT2D eigenvalue weighted by Gasteiger charge is -2.37. The van der Waals surface area contributed by atoms with Crippen LogP contribution in [0.1, 0.15) is 31.9 Å². The van der Waals surface area contributed by atoms with E-state index < -0.39 is 17.7 Å². The van der Waals surface area contributed by atoms with E-state index in [2.05, 4.69) is 5.10 Å². The molecule has 3 atom stereocenters. The molecule has 1 aromatic heterocycles. The van der Waals surface area contributed by atoms with Crippen LogP contribution >= 0.6 is 0 Å². The molecule has 0 saturated carbocycles. The van der Waals surface area contributed by atoms with Gasteiger partial charge in [0.15, 0.2) is 5.82 Å². The van der Waals surface area contributed by atoms with Gasteiger partial charge in [0, 0.05) is 37.0 Å². The molecule has 0 bridgehead atoms. The van der Waals surface area contributed by atoms with Gasteiger partial charge in [0.1, 0.15) is 17.6 Å². The minimum Gasteiger partial charge on any atom is -0.384 e. The summed E-state index contributed by atoms with van der Waals surface area (Å²) in [6.45, 7) is 4.53. The fourth-order valence-electron chi connectivity index (χ4n) is 3.50. The lowest BCUT2D eigenvalue weighted by Crippen LogP contribution is -2.46. The Balaban J connectivity index is 1.85. The van der Waals surface area contributed by atoms with Gasteiger partial charge in [0.05, 0.1) is 0 Å². The molecule has 1 saturated heterocycles. The first-order chi connectivity index (χ1) is 11.9. The molecule has 1 aliphatic rings. The van der Waals surface area contributed by atoms with Crippen molar-refractivity contribution in [3.8, 4) is 5.69 Å². The van der Waals surface area contributed by atoms with Gasteiger partial charge in [-0.05, 0) is 37.5 Å². The molecule has 1 amide bonds. The number of benzene rings is 1. The summed E-state index contributed by atoms with van der Waals surface area (Å²) >= 11 is 0. The van der Waals surface area contributed by atoms with Crippen molar-refractivity contribution >= 4 is 5.91 Å². The number of carbonyl (C=O) groups excluding carboxylic acids is 1. The van der Waals surface area contributed by atoms with E-state index in [0.29, 0.717) is 19.5 Å². The number of nitrogens with zero attached hydrogens (tertiary/aromatic N) is 3. The standard InChI is InChI=1S/C18H21F2N3O2/c1-11-10-22(18(25)12(2)24)8-6-14(11)16-5-7-21-23(16)17-4-3-13(19)9-15(17)20/h3-5,7,9,11-12,14,24H,6,8,10H2,1-2H3/t11-,12?,14+/m0/s1. The maximum absolute atomic E-state index is 14.1. The van der Waals surface area contributed by atoms with Gasteiger partial charge in [-0.2, -0.15) is 5.10 Å². The SMILES string of the molecule is CC(O)C(=O)N1CC[C@@H](c2ccnn2-c2ccc(F)cc2F)[C@@H](C)C1. The smallest absolute Gasteiger partial charge is 0.251 e. The summed E-state index contributed by atoms with van der Waals surface area (Å²) in [7, 11) is 0. The van der Waals surface area contributed by atoms with Crippen LogP contribution in [0.2, 0.25) is 0 Å². The van der Waals surface area contributed by atoms with E-state index in [0.717, 1.165) is 11.8 Å². The monoisotopic (exact) mass is 349 g/mol. The second kappa shape index (κ2) is 6.92. The topological polar surface area (TPSA) is 58.4 Å². The second-order valence-corrected chi connectivity index (χ2v) is 6.60. The van der Waals surface area contributed by atoms with Gasteiger partial charge >= 0.3 is 0 Å². The van der Waals surface area contributed by atoms with Crippen molar-refractivity contribution in [3.63, 3.8) is 0 Å². The maximum atomic E-state index is 14.1. The molecule has 0 aliphatic carbocycles. The number of rotatable bonds is 3. The van der Waals surface area contributed by atoms with Crippen LogP contribution < -0.4 is 0 Å². The summed E-state index contributed by atoms with van der Waals surface area (Å²) in [5.74, 6) is -1.36. The zero-order valence-corrected chi connectivity index (χ0v) is 14.2. The van der Waals surface area contributed by atoms with Crippen LogP contribution in [0.25, 0.3) is 5.69 Å². The van der Waals surface area contributed by atoms with Crippen LogP contribution in [0.15, 0.2) is 30.5 Å². The summed E-state index contributed by atoms with van der Waals surface area (Å²) in [5, 5.41) is 13.7. The average molecular weight is 349 g/mol. The van der Waals surface area contributed by atoms with E-state index in [4.69, 9.17) is 0 Å². The molecule has 2 aromatic rings. The van der Waals surface area contributed by atoms with Crippen LogP contribution in [0.3, 0.4) is 0 Å². The molecular weight excluding hydrogens is 328 g/mol. The summed E-state index contributed by atoms with van der Waals surface area (Å²) in [6, 6.07) is 5.25. The van der Waals surface area contributed by atoms with Crippen molar-refractivity contribution in [2.45, 2.75) is 32.3 Å². The molecule has 0 radical (unpaired) electrons. The average Bonchev–Trinajstić information content (AvgIpc) is 3.03. The fraction of sp³-hybridized carbons (Fsp3) is 0.444. The molecule has 1 unspecified atom stereocenters. The largest absolute Gasteiger partial charge is 0.384 e. The Morgan fingerprint density at radius 3 is 2.76 bits per heavy atom. The fourth-order valence-corrected chi connectivity index (χ4v) is 3.50. The normalized spacial score (nSPS) is 22.0. The van der Waals surface area contributed by atoms with Gasteiger partial charge in [-0.15, -0.1) is 0 Å². The Hall–Kier alpha value is -2.28. The first-order valence-electron chi connectivity index (χ1n) is 8.34. The predicted molar refractivity (Wildman–Crippen MR) is 88.3 cm³/mol. The van der Waals surface area contributed by atoms with Gasteiger partial charge in [0.25, 0.3) is 5.91 Å². The third-order valence-electron chi connectivity index (χ3n) is 4.76. The highest BCUT2D eigenvalue weighted by atomic mass is 19.1. The number of aromatic nitrogens is 2. The molecule has 25 heavy (non-hydrogen) atoms. The quantitative estimate of drug-likeness (QED) is 0.926. The molecule has 1 N–H and O–H groups in total. The van der Waals surface area contributed by atoms with E-state index in [9.17, 15) is 18.7 Å². The van der Waals surface area contributed by atoms with E-state index in [1.165, 1.54) is 23.7 Å². The Labute approximate surface area is 144 Å². The van der Waals surface area contributed by atoms with Crippen LogP contribution in [-0.2, 0) is 4.79 Å². The van der Waals surface area contributed by atoms with Crippen molar-refractivity contribution < 1.29 is 18.7 Å². The van der Waals surface area contributed by atoms with Crippen LogP contribution in [0.5, 0.6) is 0 Å².